The molecule has 53 heavy (non-hydrogen) atoms. The van der Waals surface area contributed by atoms with Crippen molar-refractivity contribution in [3.05, 3.63) is 0 Å². The van der Waals surface area contributed by atoms with Gasteiger partial charge in [0.2, 0.25) is 0 Å². The van der Waals surface area contributed by atoms with Crippen LogP contribution < -0.4 is 0 Å². The van der Waals surface area contributed by atoms with Crippen molar-refractivity contribution in [2.45, 2.75) is 129 Å². The van der Waals surface area contributed by atoms with Crippen LogP contribution in [0.15, 0.2) is 0 Å². The zero-order valence-corrected chi connectivity index (χ0v) is 37.4. The van der Waals surface area contributed by atoms with E-state index in [1.165, 1.54) is 12.8 Å². The lowest BCUT2D eigenvalue weighted by atomic mass is 9.08. The molecule has 14 fully saturated rings. The van der Waals surface area contributed by atoms with E-state index < -0.39 is 0 Å². The Morgan fingerprint density at radius 1 is 0.642 bits per heavy atom. The third-order valence-electron chi connectivity index (χ3n) is 29.0. The van der Waals surface area contributed by atoms with Crippen molar-refractivity contribution < 1.29 is 0 Å². The Morgan fingerprint density at radius 3 is 2.02 bits per heavy atom. The molecule has 0 aromatic carbocycles. The first-order chi connectivity index (χ1) is 24.9. The summed E-state index contributed by atoms with van der Waals surface area (Å²) in [6.45, 7) is 41.4. The molecule has 14 aliphatic carbocycles. The van der Waals surface area contributed by atoms with Gasteiger partial charge in [-0.3, -0.25) is 0 Å². The van der Waals surface area contributed by atoms with Gasteiger partial charge in [-0.15, -0.1) is 0 Å². The van der Waals surface area contributed by atoms with Crippen molar-refractivity contribution in [3.8, 4) is 0 Å². The smallest absolute Gasteiger partial charge is 0.00924 e. The van der Waals surface area contributed by atoms with Crippen LogP contribution >= 0.6 is 12.6 Å². The SMILES string of the molecule is CCC(C)C1C(C)C2C(C)C3C(C)CC4(C)C(C)C35C(C)C3C2(C)C2C(C)C1(C)C1C(CC6(CCS)C(C)C16)C1C(C)C6C7C8C9CC94C8C75C63C12C. The maximum absolute atomic E-state index is 5.07. The lowest BCUT2D eigenvalue weighted by molar-refractivity contribution is -0.500. The van der Waals surface area contributed by atoms with E-state index in [9.17, 15) is 0 Å². The minimum absolute atomic E-state index is 0.434. The van der Waals surface area contributed by atoms with Gasteiger partial charge in [-0.25, -0.2) is 0 Å². The number of rotatable bonds is 4. The van der Waals surface area contributed by atoms with Gasteiger partial charge in [-0.2, -0.15) is 12.6 Å². The van der Waals surface area contributed by atoms with E-state index in [0.717, 1.165) is 147 Å². The summed E-state index contributed by atoms with van der Waals surface area (Å²) in [5.41, 5.74) is 5.18. The number of hydrogen-bond donors (Lipinski definition) is 1. The molecule has 14 aliphatic rings. The van der Waals surface area contributed by atoms with Crippen LogP contribution in [0.3, 0.4) is 0 Å². The van der Waals surface area contributed by atoms with Crippen LogP contribution in [0.2, 0.25) is 0 Å². The average Bonchev–Trinajstić information content (AvgIpc) is 3.75. The zero-order valence-electron chi connectivity index (χ0n) is 36.5. The topological polar surface area (TPSA) is 0 Å². The van der Waals surface area contributed by atoms with Gasteiger partial charge in [-0.1, -0.05) is 103 Å². The summed E-state index contributed by atoms with van der Waals surface area (Å²) in [7, 11) is 0. The van der Waals surface area contributed by atoms with Crippen molar-refractivity contribution in [2.75, 3.05) is 5.75 Å². The van der Waals surface area contributed by atoms with Gasteiger partial charge in [0.25, 0.3) is 0 Å². The molecule has 0 heterocycles. The highest BCUT2D eigenvalue weighted by atomic mass is 32.1. The molecule has 32 unspecified atom stereocenters. The zero-order chi connectivity index (χ0) is 37.0. The van der Waals surface area contributed by atoms with Crippen LogP contribution in [-0.4, -0.2) is 5.75 Å². The average molecular weight is 735 g/mol. The molecule has 4 spiro atoms. The molecule has 14 rings (SSSR count). The van der Waals surface area contributed by atoms with Gasteiger partial charge in [0.1, 0.15) is 0 Å². The predicted molar refractivity (Wildman–Crippen MR) is 219 cm³/mol. The molecule has 0 saturated heterocycles. The van der Waals surface area contributed by atoms with Crippen LogP contribution in [-0.2, 0) is 0 Å². The lowest BCUT2D eigenvalue weighted by Gasteiger charge is -2.96. The lowest BCUT2D eigenvalue weighted by Crippen LogP contribution is -2.93. The van der Waals surface area contributed by atoms with Gasteiger partial charge in [-0.05, 0) is 216 Å². The van der Waals surface area contributed by atoms with Crippen LogP contribution in [0.25, 0.3) is 0 Å². The molecule has 14 saturated carbocycles. The van der Waals surface area contributed by atoms with E-state index >= 15 is 0 Å². The van der Waals surface area contributed by atoms with Gasteiger partial charge < -0.3 is 0 Å². The van der Waals surface area contributed by atoms with Crippen molar-refractivity contribution in [1.82, 2.24) is 0 Å². The molecular formula is C52H78S. The second kappa shape index (κ2) is 8.25. The van der Waals surface area contributed by atoms with Crippen molar-refractivity contribution in [3.63, 3.8) is 0 Å². The van der Waals surface area contributed by atoms with Crippen molar-refractivity contribution in [1.29, 1.82) is 0 Å². The number of thiol groups is 1. The quantitative estimate of drug-likeness (QED) is 0.273. The molecular weight excluding hydrogens is 657 g/mol. The Hall–Kier alpha value is 0.350. The Labute approximate surface area is 330 Å². The summed E-state index contributed by atoms with van der Waals surface area (Å²) in [5, 5.41) is 0. The first-order valence-electron chi connectivity index (χ1n) is 24.5. The maximum atomic E-state index is 5.07. The summed E-state index contributed by atoms with van der Waals surface area (Å²) < 4.78 is 0. The van der Waals surface area contributed by atoms with E-state index in [1.807, 2.05) is 0 Å². The molecule has 0 nitrogen and oxygen atoms in total. The summed E-state index contributed by atoms with van der Waals surface area (Å²) in [6.07, 6.45) is 7.58. The first kappa shape index (κ1) is 33.2. The minimum atomic E-state index is 0.434. The molecule has 0 aromatic rings. The van der Waals surface area contributed by atoms with E-state index in [0.29, 0.717) is 43.3 Å². The Morgan fingerprint density at radius 2 is 1.34 bits per heavy atom. The normalized spacial score (nSPS) is 81.3. The van der Waals surface area contributed by atoms with E-state index in [-0.39, 0.29) is 0 Å². The fourth-order valence-corrected chi connectivity index (χ4v) is 30.9. The highest BCUT2D eigenvalue weighted by Crippen LogP contribution is 3.16. The van der Waals surface area contributed by atoms with Crippen molar-refractivity contribution >= 4 is 12.6 Å². The minimum Gasteiger partial charge on any atom is -0.179 e. The highest BCUT2D eigenvalue weighted by Gasteiger charge is 3.13. The molecule has 0 aliphatic heterocycles. The second-order valence-electron chi connectivity index (χ2n) is 27.0. The van der Waals surface area contributed by atoms with E-state index in [4.69, 9.17) is 12.6 Å². The van der Waals surface area contributed by atoms with E-state index in [1.54, 1.807) is 19.3 Å². The molecule has 0 N–H and O–H groups in total. The molecule has 0 aromatic heterocycles. The third-order valence-corrected chi connectivity index (χ3v) is 29.2. The molecule has 0 amide bonds. The largest absolute Gasteiger partial charge is 0.179 e. The van der Waals surface area contributed by atoms with Crippen molar-refractivity contribution in [2.24, 2.45) is 185 Å². The summed E-state index contributed by atoms with van der Waals surface area (Å²) >= 11 is 5.07. The summed E-state index contributed by atoms with van der Waals surface area (Å²) in [4.78, 5) is 0. The Kier molecular flexibility index (Phi) is 5.17. The first-order valence-corrected chi connectivity index (χ1v) is 25.2. The molecule has 32 atom stereocenters. The number of fused-ring (bicyclic) bond motifs is 10. The molecule has 292 valence electrons. The van der Waals surface area contributed by atoms with Crippen LogP contribution in [0.1, 0.15) is 129 Å². The van der Waals surface area contributed by atoms with Gasteiger partial charge in [0.05, 0.1) is 0 Å². The van der Waals surface area contributed by atoms with Crippen LogP contribution in [0.5, 0.6) is 0 Å². The summed E-state index contributed by atoms with van der Waals surface area (Å²) in [6, 6.07) is 0. The van der Waals surface area contributed by atoms with Gasteiger partial charge in [0.15, 0.2) is 0 Å². The Balaban J connectivity index is 1.14. The molecule has 0 radical (unpaired) electrons. The van der Waals surface area contributed by atoms with Gasteiger partial charge >= 0.3 is 0 Å². The predicted octanol–water partition coefficient (Wildman–Crippen LogP) is 12.4. The fraction of sp³-hybridized carbons (Fsp3) is 1.00. The monoisotopic (exact) mass is 735 g/mol. The van der Waals surface area contributed by atoms with Gasteiger partial charge in [0, 0.05) is 0 Å². The van der Waals surface area contributed by atoms with Crippen LogP contribution in [0, 0.1) is 185 Å². The fourth-order valence-electron chi connectivity index (χ4n) is 30.5. The van der Waals surface area contributed by atoms with Crippen LogP contribution in [0.4, 0.5) is 0 Å². The maximum Gasteiger partial charge on any atom is -0.00924 e. The molecule has 5 bridgehead atoms. The highest BCUT2D eigenvalue weighted by molar-refractivity contribution is 7.80. The standard InChI is InChI=1S/C52H78S/c1-15-21(2)33-23(4)35-24(5)34-22(3)18-44(11)29(10)50(34)28(9)42-46(35,13)41-27(8)45(33,12)39-30(19-48(16-17-53)26(7)38(39)48)36-25(6)37-40-32-31-20-49(31,44)43(32)52(40,50)51(37,42)47(36,41)14/h21-43,53H,15-20H2,1-14H3. The number of hydrogen-bond acceptors (Lipinski definition) is 1. The van der Waals surface area contributed by atoms with E-state index in [2.05, 4.69) is 96.9 Å². The second-order valence-corrected chi connectivity index (χ2v) is 27.4. The molecule has 1 heteroatoms. The summed E-state index contributed by atoms with van der Waals surface area (Å²) in [5.74, 6) is 22.9. The third kappa shape index (κ3) is 2.20. The Bertz CT molecular complexity index is 1820.